The van der Waals surface area contributed by atoms with E-state index in [1.165, 1.54) is 19.3 Å². The van der Waals surface area contributed by atoms with E-state index in [1.807, 2.05) is 0 Å². The van der Waals surface area contributed by atoms with E-state index in [4.69, 9.17) is 5.11 Å². The number of rotatable bonds is 7. The molecule has 0 aromatic heterocycles. The number of unbranched alkanes of at least 4 members (excludes halogenated alkanes) is 4. The maximum absolute atomic E-state index is 8.48. The molecule has 0 fully saturated rings. The molecule has 0 saturated heterocycles. The lowest BCUT2D eigenvalue weighted by Crippen LogP contribution is -1.80. The molecular weight excluding hydrogens is 136 g/mol. The minimum Gasteiger partial charge on any atom is -0.396 e. The van der Waals surface area contributed by atoms with E-state index in [2.05, 4.69) is 19.1 Å². The van der Waals surface area contributed by atoms with Crippen LogP contribution in [-0.2, 0) is 0 Å². The SMILES string of the molecule is CCCCC=CCCCCO. The van der Waals surface area contributed by atoms with Crippen LogP contribution in [0.2, 0.25) is 0 Å². The number of aliphatic hydroxyl groups is 1. The summed E-state index contributed by atoms with van der Waals surface area (Å²) >= 11 is 0. The molecule has 0 aromatic rings. The Kier molecular flexibility index (Phi) is 9.44. The van der Waals surface area contributed by atoms with Gasteiger partial charge in [0.25, 0.3) is 0 Å². The number of hydrogen-bond donors (Lipinski definition) is 1. The van der Waals surface area contributed by atoms with Gasteiger partial charge < -0.3 is 5.11 Å². The van der Waals surface area contributed by atoms with Crippen LogP contribution in [-0.4, -0.2) is 11.7 Å². The Morgan fingerprint density at radius 3 is 2.18 bits per heavy atom. The first-order chi connectivity index (χ1) is 5.41. The van der Waals surface area contributed by atoms with Crippen LogP contribution in [0.25, 0.3) is 0 Å². The zero-order chi connectivity index (χ0) is 8.36. The van der Waals surface area contributed by atoms with Gasteiger partial charge in [-0.05, 0) is 25.7 Å². The summed E-state index contributed by atoms with van der Waals surface area (Å²) in [6, 6.07) is 0. The minimum absolute atomic E-state index is 0.336. The van der Waals surface area contributed by atoms with E-state index in [0.29, 0.717) is 6.61 Å². The van der Waals surface area contributed by atoms with E-state index in [0.717, 1.165) is 19.3 Å². The smallest absolute Gasteiger partial charge is 0.0431 e. The van der Waals surface area contributed by atoms with Crippen LogP contribution in [0, 0.1) is 0 Å². The molecule has 0 atom stereocenters. The van der Waals surface area contributed by atoms with Crippen molar-refractivity contribution in [1.29, 1.82) is 0 Å². The third kappa shape index (κ3) is 9.70. The van der Waals surface area contributed by atoms with E-state index < -0.39 is 0 Å². The second-order valence-electron chi connectivity index (χ2n) is 2.83. The summed E-state index contributed by atoms with van der Waals surface area (Å²) in [4.78, 5) is 0. The van der Waals surface area contributed by atoms with Gasteiger partial charge in [0.1, 0.15) is 0 Å². The normalized spacial score (nSPS) is 11.1. The molecule has 0 unspecified atom stereocenters. The molecule has 0 saturated carbocycles. The van der Waals surface area contributed by atoms with Gasteiger partial charge in [-0.2, -0.15) is 0 Å². The first kappa shape index (κ1) is 10.7. The highest BCUT2D eigenvalue weighted by Gasteiger charge is 1.82. The molecule has 0 aliphatic heterocycles. The van der Waals surface area contributed by atoms with Crippen LogP contribution in [0.1, 0.15) is 45.4 Å². The quantitative estimate of drug-likeness (QED) is 0.444. The van der Waals surface area contributed by atoms with Crippen LogP contribution in [0.5, 0.6) is 0 Å². The topological polar surface area (TPSA) is 20.2 Å². The average molecular weight is 156 g/mol. The van der Waals surface area contributed by atoms with E-state index in [9.17, 15) is 0 Å². The van der Waals surface area contributed by atoms with Gasteiger partial charge in [0, 0.05) is 6.61 Å². The molecule has 0 amide bonds. The third-order valence-electron chi connectivity index (χ3n) is 1.67. The van der Waals surface area contributed by atoms with Crippen molar-refractivity contribution < 1.29 is 5.11 Å². The highest BCUT2D eigenvalue weighted by Crippen LogP contribution is 1.99. The molecule has 0 aliphatic rings. The largest absolute Gasteiger partial charge is 0.396 e. The summed E-state index contributed by atoms with van der Waals surface area (Å²) in [6.45, 7) is 2.54. The third-order valence-corrected chi connectivity index (χ3v) is 1.67. The molecule has 0 aliphatic carbocycles. The van der Waals surface area contributed by atoms with Crippen molar-refractivity contribution in [2.45, 2.75) is 45.4 Å². The molecule has 1 heteroatoms. The molecule has 1 nitrogen and oxygen atoms in total. The fraction of sp³-hybridized carbons (Fsp3) is 0.800. The number of hydrogen-bond acceptors (Lipinski definition) is 1. The van der Waals surface area contributed by atoms with Crippen molar-refractivity contribution >= 4 is 0 Å². The van der Waals surface area contributed by atoms with Gasteiger partial charge in [0.2, 0.25) is 0 Å². The second kappa shape index (κ2) is 9.70. The average Bonchev–Trinajstić information content (AvgIpc) is 2.03. The van der Waals surface area contributed by atoms with Gasteiger partial charge in [0.05, 0.1) is 0 Å². The lowest BCUT2D eigenvalue weighted by atomic mass is 10.2. The first-order valence-electron chi connectivity index (χ1n) is 4.67. The van der Waals surface area contributed by atoms with Crippen molar-refractivity contribution in [3.8, 4) is 0 Å². The molecule has 0 rings (SSSR count). The van der Waals surface area contributed by atoms with Crippen LogP contribution in [0.15, 0.2) is 12.2 Å². The fourth-order valence-electron chi connectivity index (χ4n) is 0.932. The number of allylic oxidation sites excluding steroid dienone is 2. The predicted molar refractivity (Wildman–Crippen MR) is 49.6 cm³/mol. The van der Waals surface area contributed by atoms with Gasteiger partial charge in [-0.25, -0.2) is 0 Å². The summed E-state index contributed by atoms with van der Waals surface area (Å²) in [6.07, 6.45) is 11.5. The Hall–Kier alpha value is -0.300. The Bertz CT molecular complexity index is 86.9. The second-order valence-corrected chi connectivity index (χ2v) is 2.83. The maximum atomic E-state index is 8.48. The molecule has 0 spiro atoms. The van der Waals surface area contributed by atoms with Crippen LogP contribution < -0.4 is 0 Å². The van der Waals surface area contributed by atoms with Crippen molar-refractivity contribution in [3.05, 3.63) is 12.2 Å². The van der Waals surface area contributed by atoms with Gasteiger partial charge >= 0.3 is 0 Å². The lowest BCUT2D eigenvalue weighted by molar-refractivity contribution is 0.285. The summed E-state index contributed by atoms with van der Waals surface area (Å²) in [5.74, 6) is 0. The van der Waals surface area contributed by atoms with E-state index in [-0.39, 0.29) is 0 Å². The first-order valence-corrected chi connectivity index (χ1v) is 4.67. The standard InChI is InChI=1S/C10H20O/c1-2-3-4-5-6-7-8-9-10-11/h5-6,11H,2-4,7-10H2,1H3. The summed E-state index contributed by atoms with van der Waals surface area (Å²) in [5, 5.41) is 8.48. The highest BCUT2D eigenvalue weighted by molar-refractivity contribution is 4.80. The van der Waals surface area contributed by atoms with E-state index in [1.54, 1.807) is 0 Å². The highest BCUT2D eigenvalue weighted by atomic mass is 16.2. The Morgan fingerprint density at radius 2 is 1.64 bits per heavy atom. The van der Waals surface area contributed by atoms with Gasteiger partial charge in [-0.15, -0.1) is 0 Å². The monoisotopic (exact) mass is 156 g/mol. The van der Waals surface area contributed by atoms with Crippen molar-refractivity contribution in [1.82, 2.24) is 0 Å². The van der Waals surface area contributed by atoms with Gasteiger partial charge in [0.15, 0.2) is 0 Å². The number of aliphatic hydroxyl groups excluding tert-OH is 1. The van der Waals surface area contributed by atoms with Crippen molar-refractivity contribution in [2.75, 3.05) is 6.61 Å². The molecule has 66 valence electrons. The molecule has 0 heterocycles. The molecule has 1 N–H and O–H groups in total. The summed E-state index contributed by atoms with van der Waals surface area (Å²) < 4.78 is 0. The van der Waals surface area contributed by atoms with Crippen LogP contribution in [0.4, 0.5) is 0 Å². The molecule has 0 bridgehead atoms. The summed E-state index contributed by atoms with van der Waals surface area (Å²) in [5.41, 5.74) is 0. The Labute approximate surface area is 70.1 Å². The molecule has 0 radical (unpaired) electrons. The van der Waals surface area contributed by atoms with Crippen molar-refractivity contribution in [3.63, 3.8) is 0 Å². The summed E-state index contributed by atoms with van der Waals surface area (Å²) in [7, 11) is 0. The molecule has 11 heavy (non-hydrogen) atoms. The van der Waals surface area contributed by atoms with Gasteiger partial charge in [-0.1, -0.05) is 31.9 Å². The fourth-order valence-corrected chi connectivity index (χ4v) is 0.932. The zero-order valence-corrected chi connectivity index (χ0v) is 7.55. The van der Waals surface area contributed by atoms with E-state index >= 15 is 0 Å². The minimum atomic E-state index is 0.336. The Balaban J connectivity index is 2.91. The van der Waals surface area contributed by atoms with Gasteiger partial charge in [-0.3, -0.25) is 0 Å². The molecule has 0 aromatic carbocycles. The zero-order valence-electron chi connectivity index (χ0n) is 7.55. The Morgan fingerprint density at radius 1 is 1.00 bits per heavy atom. The molecular formula is C10H20O. The maximum Gasteiger partial charge on any atom is 0.0431 e. The van der Waals surface area contributed by atoms with Crippen LogP contribution >= 0.6 is 0 Å². The van der Waals surface area contributed by atoms with Crippen LogP contribution in [0.3, 0.4) is 0 Å². The lowest BCUT2D eigenvalue weighted by Gasteiger charge is -1.91. The predicted octanol–water partition coefficient (Wildman–Crippen LogP) is 2.90. The van der Waals surface area contributed by atoms with Crippen molar-refractivity contribution in [2.24, 2.45) is 0 Å².